The Balaban J connectivity index is 1.82. The molecule has 3 fully saturated rings. The van der Waals surface area contributed by atoms with Gasteiger partial charge < -0.3 is 14.4 Å². The van der Waals surface area contributed by atoms with Gasteiger partial charge in [0.25, 0.3) is 5.91 Å². The quantitative estimate of drug-likeness (QED) is 0.736. The first kappa shape index (κ1) is 17.2. The van der Waals surface area contributed by atoms with Crippen molar-refractivity contribution < 1.29 is 23.9 Å². The van der Waals surface area contributed by atoms with Gasteiger partial charge in [-0.05, 0) is 39.5 Å². The zero-order chi connectivity index (χ0) is 17.8. The molecule has 2 heterocycles. The van der Waals surface area contributed by atoms with E-state index in [1.54, 1.807) is 11.8 Å². The number of piperidine rings is 1. The number of nitrogens with zero attached hydrogens (tertiary/aromatic N) is 1. The molecule has 0 aromatic rings. The predicted molar refractivity (Wildman–Crippen MR) is 85.9 cm³/mol. The molecule has 134 valence electrons. The highest BCUT2D eigenvalue weighted by atomic mass is 16.6. The van der Waals surface area contributed by atoms with Crippen LogP contribution in [0.15, 0.2) is 0 Å². The molecular weight excluding hydrogens is 310 g/mol. The smallest absolute Gasteiger partial charge is 0.313 e. The molecule has 0 spiro atoms. The number of esters is 2. The van der Waals surface area contributed by atoms with Gasteiger partial charge in [0.15, 0.2) is 5.60 Å². The Kier molecular flexibility index (Phi) is 3.92. The minimum Gasteiger partial charge on any atom is -0.466 e. The van der Waals surface area contributed by atoms with Crippen LogP contribution in [-0.4, -0.2) is 48.0 Å². The summed E-state index contributed by atoms with van der Waals surface area (Å²) in [4.78, 5) is 39.4. The fourth-order valence-electron chi connectivity index (χ4n) is 4.59. The zero-order valence-corrected chi connectivity index (χ0v) is 15.0. The summed E-state index contributed by atoms with van der Waals surface area (Å²) in [6, 6.07) is 0. The maximum Gasteiger partial charge on any atom is 0.313 e. The molecule has 0 aromatic heterocycles. The minimum atomic E-state index is -1.09. The molecule has 24 heavy (non-hydrogen) atoms. The molecule has 6 nitrogen and oxygen atoms in total. The van der Waals surface area contributed by atoms with Crippen LogP contribution < -0.4 is 0 Å². The van der Waals surface area contributed by atoms with Crippen LogP contribution in [0, 0.1) is 16.7 Å². The SMILES string of the molecule is CCOC(=O)[C@H]1CCCN(C(=O)[C@]23CC[C@](C)(C(=O)O2)C3(C)C)C1. The van der Waals surface area contributed by atoms with Gasteiger partial charge in [-0.1, -0.05) is 13.8 Å². The molecule has 3 aliphatic rings. The van der Waals surface area contributed by atoms with Crippen molar-refractivity contribution in [2.45, 2.75) is 59.0 Å². The average Bonchev–Trinajstić information content (AvgIpc) is 2.85. The third kappa shape index (κ3) is 2.04. The molecule has 0 radical (unpaired) electrons. The van der Waals surface area contributed by atoms with Crippen molar-refractivity contribution in [2.75, 3.05) is 19.7 Å². The van der Waals surface area contributed by atoms with Gasteiger partial charge in [-0.3, -0.25) is 14.4 Å². The standard InChI is InChI=1S/C18H27NO5/c1-5-23-13(20)12-7-6-10-19(11-12)14(21)18-9-8-17(4,15(22)24-18)16(18,2)3/h12H,5-11H2,1-4H3/t12-,17+,18-/m0/s1. The van der Waals surface area contributed by atoms with Gasteiger partial charge in [0.05, 0.1) is 17.9 Å². The van der Waals surface area contributed by atoms with Crippen LogP contribution in [0.3, 0.4) is 0 Å². The van der Waals surface area contributed by atoms with E-state index in [1.807, 2.05) is 20.8 Å². The molecule has 1 saturated carbocycles. The number of ether oxygens (including phenoxy) is 2. The van der Waals surface area contributed by atoms with E-state index in [0.717, 1.165) is 12.8 Å². The van der Waals surface area contributed by atoms with Crippen LogP contribution in [0.5, 0.6) is 0 Å². The summed E-state index contributed by atoms with van der Waals surface area (Å²) in [5.74, 6) is -0.944. The molecule has 2 bridgehead atoms. The largest absolute Gasteiger partial charge is 0.466 e. The zero-order valence-electron chi connectivity index (χ0n) is 15.0. The highest BCUT2D eigenvalue weighted by Gasteiger charge is 2.76. The van der Waals surface area contributed by atoms with E-state index >= 15 is 0 Å². The van der Waals surface area contributed by atoms with Crippen LogP contribution in [0.2, 0.25) is 0 Å². The van der Waals surface area contributed by atoms with Crippen molar-refractivity contribution in [1.82, 2.24) is 4.90 Å². The fourth-order valence-corrected chi connectivity index (χ4v) is 4.59. The lowest BCUT2D eigenvalue weighted by Crippen LogP contribution is -2.57. The Bertz CT molecular complexity index is 586. The number of hydrogen-bond acceptors (Lipinski definition) is 5. The maximum absolute atomic E-state index is 13.3. The molecule has 2 saturated heterocycles. The van der Waals surface area contributed by atoms with E-state index in [0.29, 0.717) is 32.5 Å². The topological polar surface area (TPSA) is 72.9 Å². The fraction of sp³-hybridized carbons (Fsp3) is 0.833. The van der Waals surface area contributed by atoms with E-state index in [9.17, 15) is 14.4 Å². The molecule has 0 unspecified atom stereocenters. The van der Waals surface area contributed by atoms with E-state index in [1.165, 1.54) is 0 Å². The van der Waals surface area contributed by atoms with Crippen LogP contribution >= 0.6 is 0 Å². The summed E-state index contributed by atoms with van der Waals surface area (Å²) in [5, 5.41) is 0. The second-order valence-electron chi connectivity index (χ2n) is 8.02. The summed E-state index contributed by atoms with van der Waals surface area (Å²) < 4.78 is 10.8. The predicted octanol–water partition coefficient (Wildman–Crippen LogP) is 1.91. The van der Waals surface area contributed by atoms with E-state index in [-0.39, 0.29) is 23.8 Å². The summed E-state index contributed by atoms with van der Waals surface area (Å²) in [6.07, 6.45) is 2.72. The Morgan fingerprint density at radius 3 is 2.54 bits per heavy atom. The van der Waals surface area contributed by atoms with Crippen molar-refractivity contribution in [3.05, 3.63) is 0 Å². The van der Waals surface area contributed by atoms with Crippen molar-refractivity contribution in [1.29, 1.82) is 0 Å². The minimum absolute atomic E-state index is 0.143. The van der Waals surface area contributed by atoms with Crippen molar-refractivity contribution in [2.24, 2.45) is 16.7 Å². The lowest BCUT2D eigenvalue weighted by Gasteiger charge is -2.41. The van der Waals surface area contributed by atoms with Crippen molar-refractivity contribution in [3.63, 3.8) is 0 Å². The number of fused-ring (bicyclic) bond motifs is 2. The third-order valence-electron chi connectivity index (χ3n) is 6.76. The number of amides is 1. The Morgan fingerprint density at radius 2 is 2.00 bits per heavy atom. The highest BCUT2D eigenvalue weighted by molar-refractivity contribution is 5.96. The normalized spacial score (nSPS) is 37.2. The van der Waals surface area contributed by atoms with Gasteiger partial charge in [-0.15, -0.1) is 0 Å². The second kappa shape index (κ2) is 5.46. The lowest BCUT2D eigenvalue weighted by molar-refractivity contribution is -0.176. The third-order valence-corrected chi connectivity index (χ3v) is 6.76. The van der Waals surface area contributed by atoms with Crippen LogP contribution in [0.1, 0.15) is 53.4 Å². The van der Waals surface area contributed by atoms with Crippen LogP contribution in [-0.2, 0) is 23.9 Å². The highest BCUT2D eigenvalue weighted by Crippen LogP contribution is 2.66. The van der Waals surface area contributed by atoms with Gasteiger partial charge in [-0.25, -0.2) is 0 Å². The number of carbonyl (C=O) groups is 3. The molecule has 0 N–H and O–H groups in total. The lowest BCUT2D eigenvalue weighted by atomic mass is 9.66. The maximum atomic E-state index is 13.3. The van der Waals surface area contributed by atoms with Gasteiger partial charge >= 0.3 is 11.9 Å². The molecule has 3 atom stereocenters. The Morgan fingerprint density at radius 1 is 1.29 bits per heavy atom. The first-order chi connectivity index (χ1) is 11.2. The number of carbonyl (C=O) groups excluding carboxylic acids is 3. The molecule has 1 aliphatic carbocycles. The molecule has 6 heteroatoms. The van der Waals surface area contributed by atoms with E-state index in [4.69, 9.17) is 9.47 Å². The number of hydrogen-bond donors (Lipinski definition) is 0. The monoisotopic (exact) mass is 337 g/mol. The Hall–Kier alpha value is -1.59. The summed E-state index contributed by atoms with van der Waals surface area (Å²) in [7, 11) is 0. The van der Waals surface area contributed by atoms with Gasteiger partial charge in [0.2, 0.25) is 0 Å². The van der Waals surface area contributed by atoms with E-state index < -0.39 is 16.4 Å². The van der Waals surface area contributed by atoms with Crippen LogP contribution in [0.25, 0.3) is 0 Å². The number of rotatable bonds is 3. The summed E-state index contributed by atoms with van der Waals surface area (Å²) in [6.45, 7) is 8.88. The van der Waals surface area contributed by atoms with Crippen molar-refractivity contribution >= 4 is 17.8 Å². The molecule has 0 aromatic carbocycles. The molecule has 1 amide bonds. The second-order valence-corrected chi connectivity index (χ2v) is 8.02. The summed E-state index contributed by atoms with van der Waals surface area (Å²) >= 11 is 0. The van der Waals surface area contributed by atoms with Gasteiger partial charge in [-0.2, -0.15) is 0 Å². The Labute approximate surface area is 142 Å². The molecule has 3 rings (SSSR count). The van der Waals surface area contributed by atoms with Gasteiger partial charge in [0.1, 0.15) is 0 Å². The van der Waals surface area contributed by atoms with E-state index in [2.05, 4.69) is 0 Å². The number of likely N-dealkylation sites (tertiary alicyclic amines) is 1. The summed E-state index contributed by atoms with van der Waals surface area (Å²) in [5.41, 5.74) is -2.25. The van der Waals surface area contributed by atoms with Crippen LogP contribution in [0.4, 0.5) is 0 Å². The molecule has 2 aliphatic heterocycles. The average molecular weight is 337 g/mol. The van der Waals surface area contributed by atoms with Gasteiger partial charge in [0, 0.05) is 18.5 Å². The first-order valence-electron chi connectivity index (χ1n) is 8.89. The first-order valence-corrected chi connectivity index (χ1v) is 8.89. The van der Waals surface area contributed by atoms with Crippen molar-refractivity contribution in [3.8, 4) is 0 Å². The molecular formula is C18H27NO5.